The highest BCUT2D eigenvalue weighted by atomic mass is 35.6. The Morgan fingerprint density at radius 3 is 2.58 bits per heavy atom. The van der Waals surface area contributed by atoms with Crippen LogP contribution >= 0.6 is 46.3 Å². The summed E-state index contributed by atoms with van der Waals surface area (Å²) in [6.45, 7) is 2.73. The second kappa shape index (κ2) is 3.96. The van der Waals surface area contributed by atoms with Crippen molar-refractivity contribution in [3.63, 3.8) is 0 Å². The Hall–Kier alpha value is 0.230. The van der Waals surface area contributed by atoms with Crippen molar-refractivity contribution in [3.05, 3.63) is 5.82 Å². The maximum Gasteiger partial charge on any atom is 0.251 e. The summed E-state index contributed by atoms with van der Waals surface area (Å²) >= 11 is 17.8. The molecule has 0 saturated carbocycles. The third kappa shape index (κ3) is 2.62. The molecule has 0 atom stereocenters. The van der Waals surface area contributed by atoms with Crippen LogP contribution in [-0.4, -0.2) is 15.9 Å². The van der Waals surface area contributed by atoms with Crippen molar-refractivity contribution in [3.8, 4) is 0 Å². The number of anilines is 1. The van der Waals surface area contributed by atoms with Crippen LogP contribution in [0.2, 0.25) is 0 Å². The maximum atomic E-state index is 5.56. The van der Waals surface area contributed by atoms with Crippen molar-refractivity contribution in [1.29, 1.82) is 0 Å². The van der Waals surface area contributed by atoms with E-state index in [-0.39, 0.29) is 5.82 Å². The minimum absolute atomic E-state index is 0.216. The lowest BCUT2D eigenvalue weighted by atomic mass is 10.7. The van der Waals surface area contributed by atoms with Crippen LogP contribution < -0.4 is 5.32 Å². The molecule has 1 rings (SSSR count). The minimum atomic E-state index is -1.52. The Kier molecular flexibility index (Phi) is 3.40. The van der Waals surface area contributed by atoms with E-state index in [1.807, 2.05) is 6.92 Å². The fourth-order valence-corrected chi connectivity index (χ4v) is 1.65. The van der Waals surface area contributed by atoms with Crippen LogP contribution in [0.3, 0.4) is 0 Å². The molecular weight excluding hydrogens is 241 g/mol. The highest BCUT2D eigenvalue weighted by Crippen LogP contribution is 2.37. The number of aromatic nitrogens is 2. The van der Waals surface area contributed by atoms with Crippen molar-refractivity contribution >= 4 is 51.5 Å². The summed E-state index contributed by atoms with van der Waals surface area (Å²) < 4.78 is 2.35. The van der Waals surface area contributed by atoms with Gasteiger partial charge in [0.1, 0.15) is 0 Å². The Morgan fingerprint density at radius 2 is 2.17 bits per heavy atom. The van der Waals surface area contributed by atoms with Crippen molar-refractivity contribution < 1.29 is 0 Å². The fraction of sp³-hybridized carbons (Fsp3) is 0.600. The number of nitrogens with zero attached hydrogens (tertiary/aromatic N) is 2. The fourth-order valence-electron chi connectivity index (χ4n) is 0.562. The van der Waals surface area contributed by atoms with E-state index in [0.717, 1.165) is 6.54 Å². The van der Waals surface area contributed by atoms with Gasteiger partial charge in [0.25, 0.3) is 3.79 Å². The molecule has 0 unspecified atom stereocenters. The molecule has 0 aromatic carbocycles. The Labute approximate surface area is 89.2 Å². The predicted molar refractivity (Wildman–Crippen MR) is 53.3 cm³/mol. The average Bonchev–Trinajstić information content (AvgIpc) is 2.35. The second-order valence-electron chi connectivity index (χ2n) is 1.95. The lowest BCUT2D eigenvalue weighted by molar-refractivity contribution is 1.04. The predicted octanol–water partition coefficient (Wildman–Crippen LogP) is 2.80. The third-order valence-corrected chi connectivity index (χ3v) is 2.19. The van der Waals surface area contributed by atoms with E-state index in [0.29, 0.717) is 5.13 Å². The molecule has 0 aliphatic carbocycles. The van der Waals surface area contributed by atoms with E-state index >= 15 is 0 Å². The number of nitrogens with one attached hydrogen (secondary N) is 1. The van der Waals surface area contributed by atoms with Crippen molar-refractivity contribution in [2.45, 2.75) is 10.7 Å². The normalized spacial score (nSPS) is 11.7. The third-order valence-electron chi connectivity index (χ3n) is 1.01. The van der Waals surface area contributed by atoms with Gasteiger partial charge in [-0.2, -0.15) is 9.36 Å². The summed E-state index contributed by atoms with van der Waals surface area (Å²) in [5.41, 5.74) is 0. The van der Waals surface area contributed by atoms with Crippen LogP contribution in [0.4, 0.5) is 5.13 Å². The Morgan fingerprint density at radius 1 is 1.50 bits per heavy atom. The summed E-state index contributed by atoms with van der Waals surface area (Å²) in [5, 5.41) is 3.63. The first-order valence-corrected chi connectivity index (χ1v) is 5.09. The van der Waals surface area contributed by atoms with Crippen LogP contribution in [0, 0.1) is 0 Å². The van der Waals surface area contributed by atoms with Gasteiger partial charge in [0.2, 0.25) is 5.13 Å². The molecule has 3 nitrogen and oxygen atoms in total. The molecular formula is C5H6Cl3N3S. The standard InChI is InChI=1S/C5H6Cl3N3S/c1-2-9-4-10-3(11-12-4)5(6,7)8/h2H2,1H3,(H,9,10,11). The average molecular weight is 247 g/mol. The Balaban J connectivity index is 2.77. The number of hydrogen-bond donors (Lipinski definition) is 1. The lowest BCUT2D eigenvalue weighted by Gasteiger charge is -2.03. The van der Waals surface area contributed by atoms with Gasteiger partial charge in [0.15, 0.2) is 5.82 Å². The lowest BCUT2D eigenvalue weighted by Crippen LogP contribution is -2.03. The van der Waals surface area contributed by atoms with Gasteiger partial charge in [-0.1, -0.05) is 34.8 Å². The molecule has 1 heterocycles. The molecule has 0 radical (unpaired) electrons. The molecule has 1 N–H and O–H groups in total. The van der Waals surface area contributed by atoms with Crippen LogP contribution in [0.15, 0.2) is 0 Å². The highest BCUT2D eigenvalue weighted by molar-refractivity contribution is 7.09. The molecule has 12 heavy (non-hydrogen) atoms. The Bertz CT molecular complexity index is 257. The van der Waals surface area contributed by atoms with Gasteiger partial charge in [-0.25, -0.2) is 0 Å². The molecule has 1 aromatic rings. The van der Waals surface area contributed by atoms with Gasteiger partial charge < -0.3 is 5.32 Å². The zero-order chi connectivity index (χ0) is 9.19. The minimum Gasteiger partial charge on any atom is -0.361 e. The highest BCUT2D eigenvalue weighted by Gasteiger charge is 2.28. The molecule has 0 amide bonds. The van der Waals surface area contributed by atoms with Crippen molar-refractivity contribution in [2.75, 3.05) is 11.9 Å². The number of rotatable bonds is 2. The van der Waals surface area contributed by atoms with Crippen LogP contribution in [0.5, 0.6) is 0 Å². The first-order valence-electron chi connectivity index (χ1n) is 3.19. The molecule has 0 spiro atoms. The van der Waals surface area contributed by atoms with Gasteiger partial charge in [0, 0.05) is 18.1 Å². The molecule has 7 heteroatoms. The van der Waals surface area contributed by atoms with Crippen molar-refractivity contribution in [1.82, 2.24) is 9.36 Å². The summed E-state index contributed by atoms with van der Waals surface area (Å²) in [6.07, 6.45) is 0. The van der Waals surface area contributed by atoms with Crippen LogP contribution in [-0.2, 0) is 3.79 Å². The van der Waals surface area contributed by atoms with E-state index in [9.17, 15) is 0 Å². The second-order valence-corrected chi connectivity index (χ2v) is 4.98. The molecule has 0 saturated heterocycles. The molecule has 0 fully saturated rings. The zero-order valence-electron chi connectivity index (χ0n) is 6.14. The number of alkyl halides is 3. The monoisotopic (exact) mass is 245 g/mol. The van der Waals surface area contributed by atoms with E-state index in [2.05, 4.69) is 14.7 Å². The number of hydrogen-bond acceptors (Lipinski definition) is 4. The van der Waals surface area contributed by atoms with Gasteiger partial charge in [0.05, 0.1) is 0 Å². The largest absolute Gasteiger partial charge is 0.361 e. The molecule has 68 valence electrons. The van der Waals surface area contributed by atoms with Crippen LogP contribution in [0.1, 0.15) is 12.7 Å². The smallest absolute Gasteiger partial charge is 0.251 e. The van der Waals surface area contributed by atoms with Crippen molar-refractivity contribution in [2.24, 2.45) is 0 Å². The quantitative estimate of drug-likeness (QED) is 0.816. The van der Waals surface area contributed by atoms with E-state index in [1.165, 1.54) is 11.5 Å². The van der Waals surface area contributed by atoms with Gasteiger partial charge >= 0.3 is 0 Å². The van der Waals surface area contributed by atoms with E-state index in [4.69, 9.17) is 34.8 Å². The SMILES string of the molecule is CCNc1nc(C(Cl)(Cl)Cl)ns1. The molecule has 0 aliphatic heterocycles. The maximum absolute atomic E-state index is 5.56. The first-order chi connectivity index (χ1) is 5.54. The topological polar surface area (TPSA) is 37.8 Å². The number of halogens is 3. The summed E-state index contributed by atoms with van der Waals surface area (Å²) in [7, 11) is 0. The molecule has 0 bridgehead atoms. The summed E-state index contributed by atoms with van der Waals surface area (Å²) in [6, 6.07) is 0. The summed E-state index contributed by atoms with van der Waals surface area (Å²) in [4.78, 5) is 3.97. The molecule has 1 aromatic heterocycles. The zero-order valence-corrected chi connectivity index (χ0v) is 9.23. The van der Waals surface area contributed by atoms with E-state index < -0.39 is 3.79 Å². The summed E-state index contributed by atoms with van der Waals surface area (Å²) in [5.74, 6) is 0.216. The van der Waals surface area contributed by atoms with Gasteiger partial charge in [-0.3, -0.25) is 0 Å². The first kappa shape index (κ1) is 10.3. The van der Waals surface area contributed by atoms with E-state index in [1.54, 1.807) is 0 Å². The van der Waals surface area contributed by atoms with Crippen LogP contribution in [0.25, 0.3) is 0 Å². The van der Waals surface area contributed by atoms with Gasteiger partial charge in [-0.05, 0) is 6.92 Å². The molecule has 0 aliphatic rings. The van der Waals surface area contributed by atoms with Gasteiger partial charge in [-0.15, -0.1) is 0 Å².